The molecule has 0 radical (unpaired) electrons. The van der Waals surface area contributed by atoms with Gasteiger partial charge in [0, 0.05) is 32.7 Å². The van der Waals surface area contributed by atoms with Crippen molar-refractivity contribution in [2.75, 3.05) is 25.0 Å². The van der Waals surface area contributed by atoms with Gasteiger partial charge in [-0.25, -0.2) is 4.98 Å². The molecule has 17 heavy (non-hydrogen) atoms. The third-order valence-corrected chi connectivity index (χ3v) is 3.99. The second-order valence-corrected chi connectivity index (χ2v) is 5.50. The van der Waals surface area contributed by atoms with Crippen molar-refractivity contribution in [1.82, 2.24) is 9.88 Å². The quantitative estimate of drug-likeness (QED) is 0.900. The molecule has 0 fully saturated rings. The molecule has 4 nitrogen and oxygen atoms in total. The van der Waals surface area contributed by atoms with E-state index in [1.807, 2.05) is 0 Å². The highest BCUT2D eigenvalue weighted by molar-refractivity contribution is 7.15. The molecule has 5 heteroatoms. The summed E-state index contributed by atoms with van der Waals surface area (Å²) in [6.45, 7) is 7.11. The van der Waals surface area contributed by atoms with Crippen molar-refractivity contribution in [3.63, 3.8) is 0 Å². The lowest BCUT2D eigenvalue weighted by molar-refractivity contribution is -0.114. The lowest BCUT2D eigenvalue weighted by Crippen LogP contribution is -2.27. The van der Waals surface area contributed by atoms with Gasteiger partial charge in [0.15, 0.2) is 5.13 Å². The summed E-state index contributed by atoms with van der Waals surface area (Å²) in [5, 5.41) is 3.53. The number of amides is 1. The molecule has 0 aromatic carbocycles. The molecule has 96 valence electrons. The molecule has 1 N–H and O–H groups in total. The number of carbonyl (C=O) groups excluding carboxylic acids is 1. The lowest BCUT2D eigenvalue weighted by Gasteiger charge is -2.18. The maximum atomic E-state index is 11.0. The third kappa shape index (κ3) is 3.26. The third-order valence-electron chi connectivity index (χ3n) is 2.92. The average molecular weight is 255 g/mol. The minimum Gasteiger partial charge on any atom is -0.303 e. The van der Waals surface area contributed by atoms with Crippen molar-refractivity contribution in [1.29, 1.82) is 0 Å². The van der Waals surface area contributed by atoms with Crippen LogP contribution in [0.1, 0.15) is 32.3 Å². The number of nitrogens with zero attached hydrogens (tertiary/aromatic N) is 2. The van der Waals surface area contributed by atoms with Gasteiger partial charge in [0.1, 0.15) is 0 Å². The Morgan fingerprint density at radius 3 is 3.00 bits per heavy atom. The van der Waals surface area contributed by atoms with Crippen molar-refractivity contribution < 1.29 is 6.22 Å². The Balaban J connectivity index is 0.00000162. The second kappa shape index (κ2) is 5.60. The predicted molar refractivity (Wildman–Crippen MR) is 72.7 cm³/mol. The standard InChI is InChI=1S/C12H19N3OS.H2/c1-3-6-15-7-4-10-11(5-8-15)17-12(14-10)13-9(2)16;/h3-8H2,1-2H3,(H,13,14,16);1H. The summed E-state index contributed by atoms with van der Waals surface area (Å²) in [5.74, 6) is -0.0403. The minimum atomic E-state index is -0.0403. The molecule has 2 rings (SSSR count). The number of fused-ring (bicyclic) bond motifs is 1. The first-order valence-electron chi connectivity index (χ1n) is 6.17. The predicted octanol–water partition coefficient (Wildman–Crippen LogP) is 2.16. The van der Waals surface area contributed by atoms with Crippen molar-refractivity contribution in [3.8, 4) is 0 Å². The van der Waals surface area contributed by atoms with Gasteiger partial charge in [0.05, 0.1) is 5.69 Å². The summed E-state index contributed by atoms with van der Waals surface area (Å²) in [5.41, 5.74) is 1.18. The second-order valence-electron chi connectivity index (χ2n) is 4.41. The van der Waals surface area contributed by atoms with Crippen LogP contribution >= 0.6 is 11.3 Å². The van der Waals surface area contributed by atoms with E-state index < -0.39 is 0 Å². The van der Waals surface area contributed by atoms with Gasteiger partial charge in [-0.05, 0) is 19.4 Å². The van der Waals surface area contributed by atoms with Crippen molar-refractivity contribution >= 4 is 22.4 Å². The Hall–Kier alpha value is -0.940. The Bertz CT molecular complexity index is 383. The molecule has 0 bridgehead atoms. The number of nitrogens with one attached hydrogen (secondary N) is 1. The van der Waals surface area contributed by atoms with Crippen LogP contribution in [0.15, 0.2) is 0 Å². The van der Waals surface area contributed by atoms with E-state index in [0.717, 1.165) is 31.1 Å². The molecular weight excluding hydrogens is 234 g/mol. The van der Waals surface area contributed by atoms with Crippen LogP contribution < -0.4 is 5.32 Å². The summed E-state index contributed by atoms with van der Waals surface area (Å²) in [6, 6.07) is 0. The van der Waals surface area contributed by atoms with Gasteiger partial charge < -0.3 is 10.2 Å². The van der Waals surface area contributed by atoms with E-state index in [2.05, 4.69) is 22.1 Å². The topological polar surface area (TPSA) is 45.2 Å². The van der Waals surface area contributed by atoms with Gasteiger partial charge in [-0.1, -0.05) is 6.92 Å². The molecule has 0 aliphatic carbocycles. The summed E-state index contributed by atoms with van der Waals surface area (Å²) in [6.07, 6.45) is 3.27. The normalized spacial score (nSPS) is 16.4. The van der Waals surface area contributed by atoms with Crippen LogP contribution in [-0.2, 0) is 17.6 Å². The van der Waals surface area contributed by atoms with Crippen LogP contribution in [0.3, 0.4) is 0 Å². The number of carbonyl (C=O) groups is 1. The van der Waals surface area contributed by atoms with E-state index in [9.17, 15) is 4.79 Å². The average Bonchev–Trinajstić information content (AvgIpc) is 2.54. The molecule has 0 unspecified atom stereocenters. The van der Waals surface area contributed by atoms with Gasteiger partial charge in [-0.3, -0.25) is 4.79 Å². The Morgan fingerprint density at radius 1 is 1.53 bits per heavy atom. The van der Waals surface area contributed by atoms with E-state index in [1.54, 1.807) is 11.3 Å². The molecule has 0 saturated heterocycles. The first-order chi connectivity index (χ1) is 8.19. The van der Waals surface area contributed by atoms with Crippen LogP contribution in [-0.4, -0.2) is 35.4 Å². The number of thiazole rings is 1. The summed E-state index contributed by atoms with van der Waals surface area (Å²) in [7, 11) is 0. The zero-order valence-corrected chi connectivity index (χ0v) is 11.3. The molecule has 0 saturated carbocycles. The van der Waals surface area contributed by atoms with E-state index in [1.165, 1.54) is 30.5 Å². The molecule has 1 aromatic heterocycles. The fourth-order valence-electron chi connectivity index (χ4n) is 2.15. The largest absolute Gasteiger partial charge is 0.303 e. The number of anilines is 1. The minimum absolute atomic E-state index is 0. The van der Waals surface area contributed by atoms with Crippen molar-refractivity contribution in [2.45, 2.75) is 33.1 Å². The Labute approximate surface area is 108 Å². The summed E-state index contributed by atoms with van der Waals surface area (Å²) >= 11 is 1.63. The molecule has 2 heterocycles. The van der Waals surface area contributed by atoms with Gasteiger partial charge in [-0.2, -0.15) is 0 Å². The molecule has 1 aliphatic heterocycles. The zero-order valence-electron chi connectivity index (χ0n) is 10.5. The van der Waals surface area contributed by atoms with Gasteiger partial charge in [-0.15, -0.1) is 11.3 Å². The highest BCUT2D eigenvalue weighted by Gasteiger charge is 2.17. The molecular formula is C12H21N3OS. The van der Waals surface area contributed by atoms with Crippen LogP contribution in [0.25, 0.3) is 0 Å². The number of hydrogen-bond acceptors (Lipinski definition) is 4. The monoisotopic (exact) mass is 255 g/mol. The highest BCUT2D eigenvalue weighted by atomic mass is 32.1. The van der Waals surface area contributed by atoms with Crippen molar-refractivity contribution in [2.24, 2.45) is 0 Å². The van der Waals surface area contributed by atoms with E-state index in [4.69, 9.17) is 0 Å². The van der Waals surface area contributed by atoms with Gasteiger partial charge in [0.25, 0.3) is 0 Å². The van der Waals surface area contributed by atoms with Crippen LogP contribution in [0, 0.1) is 0 Å². The first kappa shape index (κ1) is 12.5. The fraction of sp³-hybridized carbons (Fsp3) is 0.667. The maximum absolute atomic E-state index is 11.0. The zero-order chi connectivity index (χ0) is 12.3. The van der Waals surface area contributed by atoms with Gasteiger partial charge in [0.2, 0.25) is 5.91 Å². The van der Waals surface area contributed by atoms with Crippen molar-refractivity contribution in [3.05, 3.63) is 10.6 Å². The summed E-state index contributed by atoms with van der Waals surface area (Å²) < 4.78 is 0. The smallest absolute Gasteiger partial charge is 0.223 e. The maximum Gasteiger partial charge on any atom is 0.223 e. The first-order valence-corrected chi connectivity index (χ1v) is 6.99. The lowest BCUT2D eigenvalue weighted by atomic mass is 10.2. The fourth-order valence-corrected chi connectivity index (χ4v) is 3.20. The van der Waals surface area contributed by atoms with Crippen LogP contribution in [0.4, 0.5) is 5.13 Å². The molecule has 0 spiro atoms. The number of hydrogen-bond donors (Lipinski definition) is 1. The van der Waals surface area contributed by atoms with Crippen LogP contribution in [0.2, 0.25) is 0 Å². The molecule has 0 atom stereocenters. The SMILES string of the molecule is CCCN1CCc2nc(NC(C)=O)sc2CC1.[HH]. The summed E-state index contributed by atoms with van der Waals surface area (Å²) in [4.78, 5) is 19.3. The molecule has 1 aliphatic rings. The Morgan fingerprint density at radius 2 is 2.29 bits per heavy atom. The molecule has 1 aromatic rings. The Kier molecular flexibility index (Phi) is 4.12. The number of rotatable bonds is 3. The van der Waals surface area contributed by atoms with Gasteiger partial charge >= 0.3 is 0 Å². The number of aromatic nitrogens is 1. The molecule has 1 amide bonds. The van der Waals surface area contributed by atoms with Crippen LogP contribution in [0.5, 0.6) is 0 Å². The van der Waals surface area contributed by atoms with E-state index in [-0.39, 0.29) is 7.33 Å². The van der Waals surface area contributed by atoms with E-state index in [0.29, 0.717) is 0 Å². The highest BCUT2D eigenvalue weighted by Crippen LogP contribution is 2.26. The van der Waals surface area contributed by atoms with E-state index >= 15 is 0 Å².